The van der Waals surface area contributed by atoms with E-state index in [1.165, 1.54) is 0 Å². The lowest BCUT2D eigenvalue weighted by atomic mass is 9.98. The van der Waals surface area contributed by atoms with Gasteiger partial charge in [-0.2, -0.15) is 9.98 Å². The Hall–Kier alpha value is -4.86. The first-order valence-electron chi connectivity index (χ1n) is 11.9. The molecule has 0 bridgehead atoms. The van der Waals surface area contributed by atoms with Gasteiger partial charge in [0.05, 0.1) is 5.69 Å². The van der Waals surface area contributed by atoms with Crippen LogP contribution in [0.1, 0.15) is 27.3 Å². The van der Waals surface area contributed by atoms with Crippen LogP contribution in [0.15, 0.2) is 64.4 Å². The average molecular weight is 493 g/mol. The number of benzene rings is 1. The van der Waals surface area contributed by atoms with Gasteiger partial charge in [-0.1, -0.05) is 11.2 Å². The molecule has 0 fully saturated rings. The molecule has 0 radical (unpaired) electrons. The Kier molecular flexibility index (Phi) is 5.48. The van der Waals surface area contributed by atoms with E-state index in [1.807, 2.05) is 38.1 Å². The standard InChI is InChI=1S/C27H24N8O2/c1-15-6-7-28-22(10-15)26(36)31-19-5-4-16(2)20(13-19)21-12-18-14-30-27(32-23-11-17(3)34-37-23)33-24(18)35-9-8-29-25(21)35/h4-7,10-14,29H,8-9H2,1-3H3,(H,31,36). The number of aryl methyl sites for hydroxylation is 3. The number of nitrogens with zero attached hydrogens (tertiary/aromatic N) is 6. The van der Waals surface area contributed by atoms with Crippen LogP contribution >= 0.6 is 0 Å². The van der Waals surface area contributed by atoms with Crippen LogP contribution in [0, 0.1) is 20.8 Å². The second kappa shape index (κ2) is 8.98. The van der Waals surface area contributed by atoms with E-state index in [-0.39, 0.29) is 5.91 Å². The van der Waals surface area contributed by atoms with Crippen molar-refractivity contribution in [2.45, 2.75) is 27.3 Å². The molecular formula is C27H24N8O2. The van der Waals surface area contributed by atoms with Crippen molar-refractivity contribution in [1.29, 1.82) is 0 Å². The van der Waals surface area contributed by atoms with Crippen molar-refractivity contribution in [2.75, 3.05) is 17.2 Å². The summed E-state index contributed by atoms with van der Waals surface area (Å²) in [5.41, 5.74) is 7.07. The Bertz CT molecular complexity index is 1700. The zero-order valence-corrected chi connectivity index (χ0v) is 20.6. The van der Waals surface area contributed by atoms with Gasteiger partial charge in [0.25, 0.3) is 17.4 Å². The zero-order chi connectivity index (χ0) is 25.5. The van der Waals surface area contributed by atoms with Gasteiger partial charge in [0.1, 0.15) is 17.3 Å². The molecule has 6 rings (SSSR count). The summed E-state index contributed by atoms with van der Waals surface area (Å²) in [4.78, 5) is 30.5. The molecular weight excluding hydrogens is 468 g/mol. The Morgan fingerprint density at radius 2 is 1.97 bits per heavy atom. The largest absolute Gasteiger partial charge is 0.369 e. The van der Waals surface area contributed by atoms with Crippen LogP contribution in [0.2, 0.25) is 0 Å². The zero-order valence-electron chi connectivity index (χ0n) is 20.6. The van der Waals surface area contributed by atoms with Gasteiger partial charge in [0.2, 0.25) is 0 Å². The first kappa shape index (κ1) is 22.6. The van der Waals surface area contributed by atoms with Crippen LogP contribution in [-0.2, 0) is 6.54 Å². The number of aromatic nitrogens is 5. The lowest BCUT2D eigenvalue weighted by Crippen LogP contribution is -2.17. The second-order valence-electron chi connectivity index (χ2n) is 9.05. The highest BCUT2D eigenvalue weighted by Gasteiger charge is 2.23. The van der Waals surface area contributed by atoms with E-state index in [2.05, 4.69) is 48.3 Å². The van der Waals surface area contributed by atoms with E-state index in [0.29, 0.717) is 22.9 Å². The van der Waals surface area contributed by atoms with Crippen molar-refractivity contribution < 1.29 is 9.32 Å². The molecule has 5 heterocycles. The summed E-state index contributed by atoms with van der Waals surface area (Å²) >= 11 is 0. The monoisotopic (exact) mass is 492 g/mol. The molecule has 0 spiro atoms. The number of anilines is 2. The van der Waals surface area contributed by atoms with Crippen LogP contribution in [0.4, 0.5) is 17.4 Å². The highest BCUT2D eigenvalue weighted by molar-refractivity contribution is 6.03. The van der Waals surface area contributed by atoms with Crippen LogP contribution in [0.3, 0.4) is 0 Å². The Morgan fingerprint density at radius 1 is 1.08 bits per heavy atom. The molecule has 37 heavy (non-hydrogen) atoms. The molecule has 0 unspecified atom stereocenters. The molecule has 184 valence electrons. The molecule has 1 aromatic carbocycles. The Labute approximate surface area is 212 Å². The van der Waals surface area contributed by atoms with Crippen molar-refractivity contribution >= 4 is 23.3 Å². The van der Waals surface area contributed by atoms with Gasteiger partial charge in [-0.3, -0.25) is 9.78 Å². The van der Waals surface area contributed by atoms with Crippen LogP contribution in [-0.4, -0.2) is 37.1 Å². The summed E-state index contributed by atoms with van der Waals surface area (Å²) in [6.07, 6.45) is 3.41. The Balaban J connectivity index is 1.41. The molecule has 3 aliphatic rings. The fraction of sp³-hybridized carbons (Fsp3) is 0.185. The predicted molar refractivity (Wildman–Crippen MR) is 139 cm³/mol. The van der Waals surface area contributed by atoms with E-state index in [4.69, 9.17) is 9.51 Å². The molecule has 3 aromatic rings. The third kappa shape index (κ3) is 4.33. The maximum Gasteiger partial charge on any atom is 0.274 e. The quantitative estimate of drug-likeness (QED) is 0.384. The molecule has 1 amide bonds. The van der Waals surface area contributed by atoms with Gasteiger partial charge in [-0.25, -0.2) is 4.98 Å². The van der Waals surface area contributed by atoms with Gasteiger partial charge in [0.15, 0.2) is 0 Å². The molecule has 2 N–H and O–H groups in total. The van der Waals surface area contributed by atoms with Gasteiger partial charge in [0, 0.05) is 48.4 Å². The summed E-state index contributed by atoms with van der Waals surface area (Å²) in [5.74, 6) is 1.85. The molecule has 10 nitrogen and oxygen atoms in total. The summed E-state index contributed by atoms with van der Waals surface area (Å²) in [7, 11) is 0. The number of hydrogen-bond acceptors (Lipinski definition) is 8. The van der Waals surface area contributed by atoms with E-state index < -0.39 is 0 Å². The van der Waals surface area contributed by atoms with E-state index in [9.17, 15) is 4.79 Å². The fourth-order valence-corrected chi connectivity index (χ4v) is 4.47. The lowest BCUT2D eigenvalue weighted by Gasteiger charge is -2.18. The predicted octanol–water partition coefficient (Wildman–Crippen LogP) is 4.27. The summed E-state index contributed by atoms with van der Waals surface area (Å²) in [6, 6.07) is 13.3. The minimum atomic E-state index is -0.249. The topological polar surface area (TPSA) is 123 Å². The minimum Gasteiger partial charge on any atom is -0.369 e. The number of carbonyl (C=O) groups excluding carboxylic acids is 1. The molecule has 0 atom stereocenters. The van der Waals surface area contributed by atoms with E-state index in [0.717, 1.165) is 58.2 Å². The number of rotatable bonds is 4. The maximum atomic E-state index is 12.8. The SMILES string of the molecule is Cc1ccnc(C(=O)Nc2ccc(C)c(-c3cc4cnc(=Nc5cc(C)no5)nc-4n4c3NCC4)c2)c1. The smallest absolute Gasteiger partial charge is 0.274 e. The van der Waals surface area contributed by atoms with Crippen LogP contribution < -0.4 is 16.3 Å². The first-order valence-corrected chi connectivity index (χ1v) is 11.9. The van der Waals surface area contributed by atoms with Gasteiger partial charge < -0.3 is 19.7 Å². The normalized spacial score (nSPS) is 13.0. The maximum absolute atomic E-state index is 12.8. The van der Waals surface area contributed by atoms with Gasteiger partial charge >= 0.3 is 0 Å². The van der Waals surface area contributed by atoms with E-state index in [1.54, 1.807) is 24.5 Å². The number of fused-ring (bicyclic) bond motifs is 3. The first-order chi connectivity index (χ1) is 17.9. The van der Waals surface area contributed by atoms with Crippen LogP contribution in [0.5, 0.6) is 0 Å². The third-order valence-electron chi connectivity index (χ3n) is 6.25. The summed E-state index contributed by atoms with van der Waals surface area (Å²) in [5, 5.41) is 10.3. The van der Waals surface area contributed by atoms with Crippen molar-refractivity contribution in [3.8, 4) is 22.5 Å². The Morgan fingerprint density at radius 3 is 2.78 bits per heavy atom. The van der Waals surface area contributed by atoms with Crippen molar-refractivity contribution in [3.63, 3.8) is 0 Å². The molecule has 3 aliphatic heterocycles. The molecule has 10 heteroatoms. The number of amides is 1. The average Bonchev–Trinajstić information content (AvgIpc) is 3.54. The fourth-order valence-electron chi connectivity index (χ4n) is 4.47. The highest BCUT2D eigenvalue weighted by atomic mass is 16.5. The summed E-state index contributed by atoms with van der Waals surface area (Å²) < 4.78 is 7.32. The van der Waals surface area contributed by atoms with Crippen molar-refractivity contribution in [3.05, 3.63) is 83.0 Å². The van der Waals surface area contributed by atoms with E-state index >= 15 is 0 Å². The molecule has 0 saturated carbocycles. The molecule has 2 aromatic heterocycles. The summed E-state index contributed by atoms with van der Waals surface area (Å²) in [6.45, 7) is 7.35. The highest BCUT2D eigenvalue weighted by Crippen LogP contribution is 2.38. The molecule has 0 saturated heterocycles. The lowest BCUT2D eigenvalue weighted by molar-refractivity contribution is 0.102. The minimum absolute atomic E-state index is 0.249. The van der Waals surface area contributed by atoms with Crippen molar-refractivity contribution in [1.82, 2.24) is 24.7 Å². The number of carbonyl (C=O) groups is 1. The number of hydrogen-bond donors (Lipinski definition) is 2. The van der Waals surface area contributed by atoms with Crippen molar-refractivity contribution in [2.24, 2.45) is 4.99 Å². The number of pyridine rings is 2. The van der Waals surface area contributed by atoms with Gasteiger partial charge in [-0.05, 0) is 67.8 Å². The third-order valence-corrected chi connectivity index (χ3v) is 6.25. The van der Waals surface area contributed by atoms with Crippen LogP contribution in [0.25, 0.3) is 22.5 Å². The molecule has 0 aliphatic carbocycles. The second-order valence-corrected chi connectivity index (χ2v) is 9.05. The number of nitrogens with one attached hydrogen (secondary N) is 2. The van der Waals surface area contributed by atoms with Gasteiger partial charge in [-0.15, -0.1) is 0 Å².